The lowest BCUT2D eigenvalue weighted by atomic mass is 9.86. The van der Waals surface area contributed by atoms with E-state index >= 15 is 0 Å². The number of nitrogens with one attached hydrogen (secondary N) is 1. The Bertz CT molecular complexity index is 266. The molecule has 1 N–H and O–H groups in total. The highest BCUT2D eigenvalue weighted by Crippen LogP contribution is 2.30. The summed E-state index contributed by atoms with van der Waals surface area (Å²) in [6.45, 7) is 13.4. The largest absolute Gasteiger partial charge is 0.381 e. The van der Waals surface area contributed by atoms with Crippen molar-refractivity contribution in [2.45, 2.75) is 32.7 Å². The quantitative estimate of drug-likeness (QED) is 0.779. The van der Waals surface area contributed by atoms with E-state index < -0.39 is 0 Å². The smallest absolute Gasteiger partial charge is 0.0547 e. The maximum Gasteiger partial charge on any atom is 0.0547 e. The second-order valence-corrected chi connectivity index (χ2v) is 6.36. The van der Waals surface area contributed by atoms with E-state index in [0.29, 0.717) is 5.41 Å². The SMILES string of the molecule is CCNCC1(CN2CCN(C)C(CC)C2)CCOC1. The first-order chi connectivity index (χ1) is 9.19. The van der Waals surface area contributed by atoms with Gasteiger partial charge in [-0.25, -0.2) is 0 Å². The molecular weight excluding hydrogens is 238 g/mol. The summed E-state index contributed by atoms with van der Waals surface area (Å²) >= 11 is 0. The lowest BCUT2D eigenvalue weighted by Gasteiger charge is -2.42. The van der Waals surface area contributed by atoms with Gasteiger partial charge in [0, 0.05) is 50.8 Å². The van der Waals surface area contributed by atoms with Crippen LogP contribution in [0.5, 0.6) is 0 Å². The topological polar surface area (TPSA) is 27.7 Å². The van der Waals surface area contributed by atoms with Crippen molar-refractivity contribution in [3.8, 4) is 0 Å². The minimum absolute atomic E-state index is 0.351. The fourth-order valence-electron chi connectivity index (χ4n) is 3.43. The van der Waals surface area contributed by atoms with Gasteiger partial charge in [0.25, 0.3) is 0 Å². The van der Waals surface area contributed by atoms with Crippen LogP contribution in [0.1, 0.15) is 26.7 Å². The molecule has 2 atom stereocenters. The Kier molecular flexibility index (Phi) is 5.63. The number of rotatable bonds is 6. The maximum atomic E-state index is 5.70. The zero-order chi connectivity index (χ0) is 13.7. The number of hydrogen-bond acceptors (Lipinski definition) is 4. The van der Waals surface area contributed by atoms with Crippen molar-refractivity contribution >= 4 is 0 Å². The molecule has 0 aromatic heterocycles. The Morgan fingerprint density at radius 2 is 2.16 bits per heavy atom. The van der Waals surface area contributed by atoms with E-state index in [-0.39, 0.29) is 0 Å². The normalized spacial score (nSPS) is 33.9. The molecule has 2 aliphatic heterocycles. The first-order valence-corrected chi connectivity index (χ1v) is 7.90. The molecule has 112 valence electrons. The average molecular weight is 269 g/mol. The fourth-order valence-corrected chi connectivity index (χ4v) is 3.43. The molecule has 4 nitrogen and oxygen atoms in total. The summed E-state index contributed by atoms with van der Waals surface area (Å²) in [4.78, 5) is 5.18. The van der Waals surface area contributed by atoms with E-state index in [1.54, 1.807) is 0 Å². The zero-order valence-electron chi connectivity index (χ0n) is 13.0. The molecule has 0 bridgehead atoms. The van der Waals surface area contributed by atoms with Crippen LogP contribution < -0.4 is 5.32 Å². The van der Waals surface area contributed by atoms with Gasteiger partial charge in [0.1, 0.15) is 0 Å². The third-order valence-corrected chi connectivity index (χ3v) is 4.83. The van der Waals surface area contributed by atoms with Gasteiger partial charge in [0.15, 0.2) is 0 Å². The van der Waals surface area contributed by atoms with Gasteiger partial charge in [-0.05, 0) is 26.4 Å². The second kappa shape index (κ2) is 7.02. The van der Waals surface area contributed by atoms with E-state index in [0.717, 1.165) is 32.3 Å². The summed E-state index contributed by atoms with van der Waals surface area (Å²) in [5, 5.41) is 3.54. The molecule has 0 radical (unpaired) electrons. The summed E-state index contributed by atoms with van der Waals surface area (Å²) in [5.74, 6) is 0. The van der Waals surface area contributed by atoms with E-state index in [2.05, 4.69) is 36.0 Å². The first kappa shape index (κ1) is 15.2. The van der Waals surface area contributed by atoms with Crippen LogP contribution in [0.2, 0.25) is 0 Å². The van der Waals surface area contributed by atoms with Crippen molar-refractivity contribution in [1.29, 1.82) is 0 Å². The van der Waals surface area contributed by atoms with Crippen molar-refractivity contribution in [3.63, 3.8) is 0 Å². The standard InChI is InChI=1S/C15H31N3O/c1-4-14-10-18(8-7-17(14)3)12-15(11-16-5-2)6-9-19-13-15/h14,16H,4-13H2,1-3H3. The van der Waals surface area contributed by atoms with E-state index in [1.165, 1.54) is 39.0 Å². The van der Waals surface area contributed by atoms with Crippen LogP contribution in [0.25, 0.3) is 0 Å². The molecule has 2 unspecified atom stereocenters. The minimum atomic E-state index is 0.351. The number of piperazine rings is 1. The molecular formula is C15H31N3O. The van der Waals surface area contributed by atoms with Crippen molar-refractivity contribution in [1.82, 2.24) is 15.1 Å². The molecule has 2 fully saturated rings. The Morgan fingerprint density at radius 3 is 2.79 bits per heavy atom. The average Bonchev–Trinajstić information content (AvgIpc) is 2.87. The van der Waals surface area contributed by atoms with Gasteiger partial charge >= 0.3 is 0 Å². The van der Waals surface area contributed by atoms with Crippen LogP contribution in [0.15, 0.2) is 0 Å². The molecule has 2 heterocycles. The Morgan fingerprint density at radius 1 is 1.32 bits per heavy atom. The first-order valence-electron chi connectivity index (χ1n) is 7.90. The van der Waals surface area contributed by atoms with Gasteiger partial charge in [-0.15, -0.1) is 0 Å². The molecule has 2 aliphatic rings. The predicted molar refractivity (Wildman–Crippen MR) is 79.6 cm³/mol. The van der Waals surface area contributed by atoms with Gasteiger partial charge in [0.2, 0.25) is 0 Å². The summed E-state index contributed by atoms with van der Waals surface area (Å²) in [5.41, 5.74) is 0.351. The maximum absolute atomic E-state index is 5.70. The number of hydrogen-bond donors (Lipinski definition) is 1. The summed E-state index contributed by atoms with van der Waals surface area (Å²) in [6.07, 6.45) is 2.47. The predicted octanol–water partition coefficient (Wildman–Crippen LogP) is 1.03. The molecule has 2 rings (SSSR count). The Balaban J connectivity index is 1.90. The molecule has 19 heavy (non-hydrogen) atoms. The second-order valence-electron chi connectivity index (χ2n) is 6.36. The molecule has 0 aromatic rings. The highest BCUT2D eigenvalue weighted by Gasteiger charge is 2.37. The molecule has 0 spiro atoms. The third-order valence-electron chi connectivity index (χ3n) is 4.83. The van der Waals surface area contributed by atoms with Crippen LogP contribution in [0.4, 0.5) is 0 Å². The fraction of sp³-hybridized carbons (Fsp3) is 1.00. The lowest BCUT2D eigenvalue weighted by molar-refractivity contribution is 0.0492. The van der Waals surface area contributed by atoms with Crippen LogP contribution in [-0.2, 0) is 4.74 Å². The van der Waals surface area contributed by atoms with Crippen LogP contribution >= 0.6 is 0 Å². The van der Waals surface area contributed by atoms with Crippen molar-refractivity contribution < 1.29 is 4.74 Å². The van der Waals surface area contributed by atoms with E-state index in [9.17, 15) is 0 Å². The molecule has 0 saturated carbocycles. The molecule has 0 aromatic carbocycles. The van der Waals surface area contributed by atoms with E-state index in [1.807, 2.05) is 0 Å². The minimum Gasteiger partial charge on any atom is -0.381 e. The van der Waals surface area contributed by atoms with Gasteiger partial charge in [-0.1, -0.05) is 13.8 Å². The Labute approximate surface area is 118 Å². The van der Waals surface area contributed by atoms with Gasteiger partial charge in [-0.3, -0.25) is 4.90 Å². The van der Waals surface area contributed by atoms with Gasteiger partial charge < -0.3 is 15.0 Å². The number of likely N-dealkylation sites (N-methyl/N-ethyl adjacent to an activating group) is 1. The molecule has 0 amide bonds. The lowest BCUT2D eigenvalue weighted by Crippen LogP contribution is -2.55. The molecule has 4 heteroatoms. The van der Waals surface area contributed by atoms with Gasteiger partial charge in [-0.2, -0.15) is 0 Å². The highest BCUT2D eigenvalue weighted by atomic mass is 16.5. The van der Waals surface area contributed by atoms with Crippen LogP contribution in [0, 0.1) is 5.41 Å². The third kappa shape index (κ3) is 3.91. The zero-order valence-corrected chi connectivity index (χ0v) is 13.0. The summed E-state index contributed by atoms with van der Waals surface area (Å²) < 4.78 is 5.70. The monoisotopic (exact) mass is 269 g/mol. The number of nitrogens with zero attached hydrogens (tertiary/aromatic N) is 2. The summed E-state index contributed by atoms with van der Waals surface area (Å²) in [6, 6.07) is 0.729. The van der Waals surface area contributed by atoms with Crippen molar-refractivity contribution in [2.24, 2.45) is 5.41 Å². The van der Waals surface area contributed by atoms with Gasteiger partial charge in [0.05, 0.1) is 6.61 Å². The molecule has 0 aliphatic carbocycles. The number of ether oxygens (including phenoxy) is 1. The van der Waals surface area contributed by atoms with Crippen LogP contribution in [0.3, 0.4) is 0 Å². The van der Waals surface area contributed by atoms with Crippen LogP contribution in [-0.4, -0.2) is 75.4 Å². The highest BCUT2D eigenvalue weighted by molar-refractivity contribution is 4.91. The Hall–Kier alpha value is -0.160. The van der Waals surface area contributed by atoms with Crippen molar-refractivity contribution in [2.75, 3.05) is 59.5 Å². The molecule has 2 saturated heterocycles. The van der Waals surface area contributed by atoms with E-state index in [4.69, 9.17) is 4.74 Å². The van der Waals surface area contributed by atoms with Crippen molar-refractivity contribution in [3.05, 3.63) is 0 Å². The summed E-state index contributed by atoms with van der Waals surface area (Å²) in [7, 11) is 2.26.